The van der Waals surface area contributed by atoms with Gasteiger partial charge in [-0.05, 0) is 42.8 Å². The fraction of sp³-hybridized carbons (Fsp3) is 0.185. The summed E-state index contributed by atoms with van der Waals surface area (Å²) in [7, 11) is 3.19. The Balaban J connectivity index is 1.69. The van der Waals surface area contributed by atoms with Crippen molar-refractivity contribution in [3.05, 3.63) is 100 Å². The molecule has 0 radical (unpaired) electrons. The summed E-state index contributed by atoms with van der Waals surface area (Å²) in [6, 6.07) is 22.0. The first-order valence-electron chi connectivity index (χ1n) is 11.0. The summed E-state index contributed by atoms with van der Waals surface area (Å²) in [5, 5.41) is 7.70. The Bertz CT molecular complexity index is 1280. The van der Waals surface area contributed by atoms with Crippen LogP contribution in [0.5, 0.6) is 11.5 Å². The van der Waals surface area contributed by atoms with E-state index in [2.05, 4.69) is 10.6 Å². The summed E-state index contributed by atoms with van der Waals surface area (Å²) >= 11 is 7.87. The van der Waals surface area contributed by atoms with E-state index in [1.165, 1.54) is 11.8 Å². The van der Waals surface area contributed by atoms with Gasteiger partial charge in [-0.15, -0.1) is 0 Å². The number of hydrogen-bond acceptors (Lipinski definition) is 6. The number of methoxy groups -OCH3 is 2. The second-order valence-corrected chi connectivity index (χ2v) is 9.18. The van der Waals surface area contributed by atoms with Crippen LogP contribution in [0.25, 0.3) is 0 Å². The second-order valence-electron chi connectivity index (χ2n) is 7.81. The number of carbonyl (C=O) groups is 1. The molecule has 8 heteroatoms. The van der Waals surface area contributed by atoms with Crippen molar-refractivity contribution < 1.29 is 14.3 Å². The number of amidine groups is 1. The number of anilines is 1. The van der Waals surface area contributed by atoms with E-state index in [-0.39, 0.29) is 5.91 Å². The highest BCUT2D eigenvalue weighted by Crippen LogP contribution is 2.39. The smallest absolute Gasteiger partial charge is 0.255 e. The van der Waals surface area contributed by atoms with Crippen molar-refractivity contribution in [1.29, 1.82) is 0 Å². The van der Waals surface area contributed by atoms with E-state index in [1.807, 2.05) is 73.7 Å². The summed E-state index contributed by atoms with van der Waals surface area (Å²) in [6.07, 6.45) is 0. The van der Waals surface area contributed by atoms with E-state index in [0.29, 0.717) is 38.7 Å². The number of halogens is 1. The molecule has 0 saturated carbocycles. The number of aliphatic imine (C=N–C) groups is 1. The van der Waals surface area contributed by atoms with Crippen LogP contribution in [0.1, 0.15) is 24.1 Å². The summed E-state index contributed by atoms with van der Waals surface area (Å²) in [4.78, 5) is 18.4. The molecule has 3 aromatic rings. The number of hydrogen-bond donors (Lipinski definition) is 2. The number of allylic oxidation sites excluding steroid dienone is 1. The Morgan fingerprint density at radius 1 is 1.06 bits per heavy atom. The molecule has 0 aliphatic carbocycles. The van der Waals surface area contributed by atoms with Gasteiger partial charge in [-0.2, -0.15) is 0 Å². The maximum atomic E-state index is 13.4. The molecule has 0 spiro atoms. The number of amides is 1. The summed E-state index contributed by atoms with van der Waals surface area (Å²) in [5.41, 5.74) is 3.72. The molecule has 4 rings (SSSR count). The standard InChI is InChI=1S/C27H26ClN3O3S/c1-17-24(26(32)30-19-10-5-4-6-11-19)25(21-14-13-20(33-2)15-23(21)34-3)31-27(29-17)35-16-18-9-7-8-12-22(18)28/h4-15,25H,16H2,1-3H3,(H,29,31)(H,30,32)/t25-/m0/s1. The van der Waals surface area contributed by atoms with Crippen LogP contribution in [0.2, 0.25) is 5.02 Å². The highest BCUT2D eigenvalue weighted by molar-refractivity contribution is 8.13. The number of ether oxygens (including phenoxy) is 2. The van der Waals surface area contributed by atoms with E-state index in [9.17, 15) is 4.79 Å². The average molecular weight is 508 g/mol. The van der Waals surface area contributed by atoms with Gasteiger partial charge in [0.05, 0.1) is 19.8 Å². The number of thioether (sulfide) groups is 1. The molecule has 180 valence electrons. The minimum Gasteiger partial charge on any atom is -0.497 e. The number of nitrogens with zero attached hydrogens (tertiary/aromatic N) is 1. The van der Waals surface area contributed by atoms with Gasteiger partial charge >= 0.3 is 0 Å². The molecule has 0 unspecified atom stereocenters. The SMILES string of the molecule is COc1ccc([C@@H]2N=C(SCc3ccccc3Cl)NC(C)=C2C(=O)Nc2ccccc2)c(OC)c1. The summed E-state index contributed by atoms with van der Waals surface area (Å²) in [6.45, 7) is 1.88. The van der Waals surface area contributed by atoms with Crippen LogP contribution in [0.15, 0.2) is 89.1 Å². The molecule has 1 aliphatic heterocycles. The Morgan fingerprint density at radius 2 is 1.80 bits per heavy atom. The molecular weight excluding hydrogens is 482 g/mol. The molecule has 35 heavy (non-hydrogen) atoms. The van der Waals surface area contributed by atoms with Crippen LogP contribution in [-0.4, -0.2) is 25.3 Å². The monoisotopic (exact) mass is 507 g/mol. The maximum Gasteiger partial charge on any atom is 0.255 e. The lowest BCUT2D eigenvalue weighted by molar-refractivity contribution is -0.113. The zero-order valence-electron chi connectivity index (χ0n) is 19.7. The quantitative estimate of drug-likeness (QED) is 0.398. The number of benzene rings is 3. The number of para-hydroxylation sites is 1. The predicted octanol–water partition coefficient (Wildman–Crippen LogP) is 6.20. The Labute approximate surface area is 214 Å². The van der Waals surface area contributed by atoms with E-state index < -0.39 is 6.04 Å². The van der Waals surface area contributed by atoms with E-state index in [0.717, 1.165) is 16.8 Å². The van der Waals surface area contributed by atoms with Gasteiger partial charge in [0.1, 0.15) is 17.5 Å². The van der Waals surface area contributed by atoms with Crippen LogP contribution in [-0.2, 0) is 10.5 Å². The number of carbonyl (C=O) groups excluding carboxylic acids is 1. The highest BCUT2D eigenvalue weighted by atomic mass is 35.5. The third-order valence-corrected chi connectivity index (χ3v) is 6.86. The molecule has 1 amide bonds. The fourth-order valence-corrected chi connectivity index (χ4v) is 5.00. The van der Waals surface area contributed by atoms with E-state index in [4.69, 9.17) is 26.1 Å². The average Bonchev–Trinajstić information content (AvgIpc) is 2.88. The first-order valence-corrected chi connectivity index (χ1v) is 12.4. The van der Waals surface area contributed by atoms with Crippen molar-refractivity contribution in [3.63, 3.8) is 0 Å². The first-order chi connectivity index (χ1) is 17.0. The van der Waals surface area contributed by atoms with Crippen molar-refractivity contribution in [2.75, 3.05) is 19.5 Å². The Morgan fingerprint density at radius 3 is 2.51 bits per heavy atom. The zero-order valence-corrected chi connectivity index (χ0v) is 21.2. The van der Waals surface area contributed by atoms with Crippen LogP contribution >= 0.6 is 23.4 Å². The molecule has 6 nitrogen and oxygen atoms in total. The first kappa shape index (κ1) is 24.7. The second kappa shape index (κ2) is 11.3. The third-order valence-electron chi connectivity index (χ3n) is 5.55. The van der Waals surface area contributed by atoms with Gasteiger partial charge < -0.3 is 20.1 Å². The maximum absolute atomic E-state index is 13.4. The van der Waals surface area contributed by atoms with Crippen molar-refractivity contribution in [2.24, 2.45) is 4.99 Å². The zero-order chi connectivity index (χ0) is 24.8. The largest absolute Gasteiger partial charge is 0.497 e. The molecule has 1 aliphatic rings. The lowest BCUT2D eigenvalue weighted by Crippen LogP contribution is -2.32. The van der Waals surface area contributed by atoms with Gasteiger partial charge in [-0.1, -0.05) is 59.8 Å². The molecule has 0 saturated heterocycles. The molecule has 1 atom stereocenters. The Kier molecular flexibility index (Phi) is 8.00. The van der Waals surface area contributed by atoms with Crippen LogP contribution in [0.3, 0.4) is 0 Å². The van der Waals surface area contributed by atoms with Crippen molar-refractivity contribution in [1.82, 2.24) is 5.32 Å². The summed E-state index contributed by atoms with van der Waals surface area (Å²) in [5.74, 6) is 1.65. The molecule has 2 N–H and O–H groups in total. The summed E-state index contributed by atoms with van der Waals surface area (Å²) < 4.78 is 11.0. The van der Waals surface area contributed by atoms with Gasteiger partial charge in [0, 0.05) is 33.8 Å². The van der Waals surface area contributed by atoms with Gasteiger partial charge in [0.2, 0.25) is 0 Å². The van der Waals surface area contributed by atoms with Gasteiger partial charge in [-0.25, -0.2) is 4.99 Å². The predicted molar refractivity (Wildman–Crippen MR) is 143 cm³/mol. The lowest BCUT2D eigenvalue weighted by Gasteiger charge is -2.27. The van der Waals surface area contributed by atoms with Crippen molar-refractivity contribution >= 4 is 40.1 Å². The van der Waals surface area contributed by atoms with E-state index in [1.54, 1.807) is 20.3 Å². The molecule has 1 heterocycles. The molecule has 3 aromatic carbocycles. The minimum atomic E-state index is -0.574. The van der Waals surface area contributed by atoms with Crippen molar-refractivity contribution in [2.45, 2.75) is 18.7 Å². The van der Waals surface area contributed by atoms with Crippen LogP contribution < -0.4 is 20.1 Å². The normalized spacial score (nSPS) is 15.2. The fourth-order valence-electron chi connectivity index (χ4n) is 3.77. The lowest BCUT2D eigenvalue weighted by atomic mass is 9.95. The van der Waals surface area contributed by atoms with Crippen molar-refractivity contribution in [3.8, 4) is 11.5 Å². The van der Waals surface area contributed by atoms with Gasteiger partial charge in [-0.3, -0.25) is 4.79 Å². The third kappa shape index (κ3) is 5.81. The minimum absolute atomic E-state index is 0.233. The van der Waals surface area contributed by atoms with Gasteiger partial charge in [0.15, 0.2) is 5.17 Å². The molecule has 0 fully saturated rings. The highest BCUT2D eigenvalue weighted by Gasteiger charge is 2.31. The van der Waals surface area contributed by atoms with Crippen LogP contribution in [0.4, 0.5) is 5.69 Å². The van der Waals surface area contributed by atoms with E-state index >= 15 is 0 Å². The van der Waals surface area contributed by atoms with Gasteiger partial charge in [0.25, 0.3) is 5.91 Å². The Hall–Kier alpha value is -3.42. The number of rotatable bonds is 7. The topological polar surface area (TPSA) is 72.0 Å². The van der Waals surface area contributed by atoms with Crippen LogP contribution in [0, 0.1) is 0 Å². The number of nitrogens with one attached hydrogen (secondary N) is 2. The molecule has 0 aromatic heterocycles. The molecular formula is C27H26ClN3O3S. The molecule has 0 bridgehead atoms.